The second-order valence-electron chi connectivity index (χ2n) is 6.99. The van der Waals surface area contributed by atoms with Crippen LogP contribution in [0.15, 0.2) is 54.6 Å². The number of anilines is 1. The molecule has 0 radical (unpaired) electrons. The molecule has 0 aliphatic heterocycles. The van der Waals surface area contributed by atoms with Crippen molar-refractivity contribution in [3.8, 4) is 5.69 Å². The Bertz CT molecular complexity index is 943. The van der Waals surface area contributed by atoms with Crippen molar-refractivity contribution in [1.29, 1.82) is 0 Å². The third kappa shape index (κ3) is 3.64. The van der Waals surface area contributed by atoms with Gasteiger partial charge in [0.2, 0.25) is 0 Å². The number of carbonyl (C=O) groups is 1. The van der Waals surface area contributed by atoms with Crippen molar-refractivity contribution < 1.29 is 13.6 Å². The molecule has 0 bridgehead atoms. The number of aromatic nitrogens is 2. The maximum atomic E-state index is 13.9. The van der Waals surface area contributed by atoms with Gasteiger partial charge in [0.25, 0.3) is 5.91 Å². The van der Waals surface area contributed by atoms with E-state index in [1.54, 1.807) is 10.7 Å². The number of para-hydroxylation sites is 1. The second-order valence-corrected chi connectivity index (χ2v) is 6.99. The predicted molar refractivity (Wildman–Crippen MR) is 96.6 cm³/mol. The first-order valence-electron chi connectivity index (χ1n) is 8.18. The first kappa shape index (κ1) is 17.8. The monoisotopic (exact) mass is 355 g/mol. The Morgan fingerprint density at radius 3 is 2.35 bits per heavy atom. The van der Waals surface area contributed by atoms with Crippen LogP contribution in [-0.2, 0) is 5.41 Å². The number of hydrogen-bond donors (Lipinski definition) is 1. The number of amides is 1. The molecule has 6 heteroatoms. The molecular formula is C20H19F2N3O. The van der Waals surface area contributed by atoms with Gasteiger partial charge in [-0.1, -0.05) is 39.0 Å². The molecule has 0 fully saturated rings. The number of carbonyl (C=O) groups excluding carboxylic acids is 1. The van der Waals surface area contributed by atoms with Gasteiger partial charge in [-0.25, -0.2) is 13.5 Å². The van der Waals surface area contributed by atoms with E-state index in [1.807, 2.05) is 51.1 Å². The van der Waals surface area contributed by atoms with Crippen molar-refractivity contribution in [3.63, 3.8) is 0 Å². The fourth-order valence-electron chi connectivity index (χ4n) is 2.46. The molecular weight excluding hydrogens is 336 g/mol. The molecule has 0 atom stereocenters. The van der Waals surface area contributed by atoms with E-state index in [0.29, 0.717) is 11.9 Å². The molecule has 2 aromatic carbocycles. The Balaban J connectivity index is 2.01. The van der Waals surface area contributed by atoms with Gasteiger partial charge >= 0.3 is 0 Å². The molecule has 0 saturated carbocycles. The summed E-state index contributed by atoms with van der Waals surface area (Å²) in [4.78, 5) is 12.5. The minimum Gasteiger partial charge on any atom is -0.306 e. The summed E-state index contributed by atoms with van der Waals surface area (Å²) in [5.41, 5.74) is 1.07. The lowest BCUT2D eigenvalue weighted by Gasteiger charge is -2.14. The lowest BCUT2D eigenvalue weighted by Crippen LogP contribution is -2.16. The zero-order valence-corrected chi connectivity index (χ0v) is 14.8. The minimum absolute atomic E-state index is 0.232. The van der Waals surface area contributed by atoms with Crippen LogP contribution in [0.5, 0.6) is 0 Å². The van der Waals surface area contributed by atoms with E-state index in [4.69, 9.17) is 0 Å². The van der Waals surface area contributed by atoms with Crippen LogP contribution in [0.25, 0.3) is 5.69 Å². The molecule has 0 spiro atoms. The quantitative estimate of drug-likeness (QED) is 0.740. The fraction of sp³-hybridized carbons (Fsp3) is 0.200. The maximum Gasteiger partial charge on any atom is 0.259 e. The van der Waals surface area contributed by atoms with Crippen LogP contribution in [-0.4, -0.2) is 15.7 Å². The highest BCUT2D eigenvalue weighted by molar-refractivity contribution is 6.04. The standard InChI is InChI=1S/C20H19F2N3O/c1-20(2,3)17-12-18(25(24-17)14-7-5-4-6-8-14)23-19(26)15-10-9-13(21)11-16(15)22/h4-12H,1-3H3,(H,23,26). The van der Waals surface area contributed by atoms with E-state index >= 15 is 0 Å². The van der Waals surface area contributed by atoms with Crippen LogP contribution in [0, 0.1) is 11.6 Å². The number of benzene rings is 2. The minimum atomic E-state index is -0.913. The number of halogens is 2. The van der Waals surface area contributed by atoms with Gasteiger partial charge in [-0.15, -0.1) is 0 Å². The summed E-state index contributed by atoms with van der Waals surface area (Å²) in [6.45, 7) is 6.03. The third-order valence-electron chi connectivity index (χ3n) is 3.90. The smallest absolute Gasteiger partial charge is 0.259 e. The van der Waals surface area contributed by atoms with Gasteiger partial charge in [0, 0.05) is 17.5 Å². The average Bonchev–Trinajstić information content (AvgIpc) is 2.99. The zero-order chi connectivity index (χ0) is 18.9. The largest absolute Gasteiger partial charge is 0.306 e. The van der Waals surface area contributed by atoms with Gasteiger partial charge in [-0.05, 0) is 24.3 Å². The molecule has 1 heterocycles. The van der Waals surface area contributed by atoms with Crippen molar-refractivity contribution in [2.45, 2.75) is 26.2 Å². The summed E-state index contributed by atoms with van der Waals surface area (Å²) in [5.74, 6) is -1.90. The Hall–Kier alpha value is -3.02. The van der Waals surface area contributed by atoms with E-state index in [-0.39, 0.29) is 11.0 Å². The Labute approximate surface area is 150 Å². The van der Waals surface area contributed by atoms with E-state index in [2.05, 4.69) is 10.4 Å². The van der Waals surface area contributed by atoms with Crippen molar-refractivity contribution in [1.82, 2.24) is 9.78 Å². The highest BCUT2D eigenvalue weighted by atomic mass is 19.1. The summed E-state index contributed by atoms with van der Waals surface area (Å²) in [5, 5.41) is 7.26. The van der Waals surface area contributed by atoms with Gasteiger partial charge in [0.1, 0.15) is 17.5 Å². The maximum absolute atomic E-state index is 13.9. The van der Waals surface area contributed by atoms with Crippen molar-refractivity contribution in [2.75, 3.05) is 5.32 Å². The first-order chi connectivity index (χ1) is 12.3. The van der Waals surface area contributed by atoms with Gasteiger partial charge in [-0.3, -0.25) is 4.79 Å². The van der Waals surface area contributed by atoms with Crippen LogP contribution in [0.2, 0.25) is 0 Å². The lowest BCUT2D eigenvalue weighted by atomic mass is 9.92. The molecule has 3 rings (SSSR count). The molecule has 134 valence electrons. The highest BCUT2D eigenvalue weighted by Crippen LogP contribution is 2.26. The molecule has 0 aliphatic carbocycles. The molecule has 0 saturated heterocycles. The molecule has 4 nitrogen and oxygen atoms in total. The van der Waals surface area contributed by atoms with Gasteiger partial charge in [0.05, 0.1) is 16.9 Å². The fourth-order valence-corrected chi connectivity index (χ4v) is 2.46. The van der Waals surface area contributed by atoms with Gasteiger partial charge < -0.3 is 5.32 Å². The average molecular weight is 355 g/mol. The van der Waals surface area contributed by atoms with Crippen molar-refractivity contribution in [2.24, 2.45) is 0 Å². The normalized spacial score (nSPS) is 11.4. The van der Waals surface area contributed by atoms with E-state index in [0.717, 1.165) is 23.5 Å². The van der Waals surface area contributed by atoms with Crippen LogP contribution in [0.1, 0.15) is 36.8 Å². The molecule has 1 amide bonds. The molecule has 26 heavy (non-hydrogen) atoms. The second kappa shape index (κ2) is 6.71. The summed E-state index contributed by atoms with van der Waals surface area (Å²) in [6.07, 6.45) is 0. The van der Waals surface area contributed by atoms with Gasteiger partial charge in [-0.2, -0.15) is 5.10 Å². The summed E-state index contributed by atoms with van der Waals surface area (Å²) < 4.78 is 28.6. The van der Waals surface area contributed by atoms with E-state index in [9.17, 15) is 13.6 Å². The highest BCUT2D eigenvalue weighted by Gasteiger charge is 2.22. The Morgan fingerprint density at radius 2 is 1.73 bits per heavy atom. The summed E-state index contributed by atoms with van der Waals surface area (Å²) >= 11 is 0. The lowest BCUT2D eigenvalue weighted by molar-refractivity contribution is 0.102. The number of nitrogens with one attached hydrogen (secondary N) is 1. The molecule has 1 N–H and O–H groups in total. The van der Waals surface area contributed by atoms with E-state index < -0.39 is 17.5 Å². The topological polar surface area (TPSA) is 46.9 Å². The molecule has 3 aromatic rings. The predicted octanol–water partition coefficient (Wildman–Crippen LogP) is 4.70. The van der Waals surface area contributed by atoms with Crippen LogP contribution >= 0.6 is 0 Å². The van der Waals surface area contributed by atoms with Crippen LogP contribution in [0.4, 0.5) is 14.6 Å². The first-order valence-corrected chi connectivity index (χ1v) is 8.18. The summed E-state index contributed by atoms with van der Waals surface area (Å²) in [6, 6.07) is 13.9. The number of hydrogen-bond acceptors (Lipinski definition) is 2. The molecule has 0 unspecified atom stereocenters. The van der Waals surface area contributed by atoms with Crippen molar-refractivity contribution >= 4 is 11.7 Å². The van der Waals surface area contributed by atoms with Crippen LogP contribution < -0.4 is 5.32 Å². The Kier molecular flexibility index (Phi) is 4.59. The molecule has 1 aromatic heterocycles. The SMILES string of the molecule is CC(C)(C)c1cc(NC(=O)c2ccc(F)cc2F)n(-c2ccccc2)n1. The number of rotatable bonds is 3. The van der Waals surface area contributed by atoms with E-state index in [1.165, 1.54) is 0 Å². The molecule has 0 aliphatic rings. The summed E-state index contributed by atoms with van der Waals surface area (Å²) in [7, 11) is 0. The van der Waals surface area contributed by atoms with Gasteiger partial charge in [0.15, 0.2) is 0 Å². The van der Waals surface area contributed by atoms with Crippen molar-refractivity contribution in [3.05, 3.63) is 77.5 Å². The Morgan fingerprint density at radius 1 is 1.04 bits per heavy atom. The number of nitrogens with zero attached hydrogens (tertiary/aromatic N) is 2. The third-order valence-corrected chi connectivity index (χ3v) is 3.90. The zero-order valence-electron chi connectivity index (χ0n) is 14.8. The van der Waals surface area contributed by atoms with Crippen LogP contribution in [0.3, 0.4) is 0 Å².